The topological polar surface area (TPSA) is 53.0 Å². The quantitative estimate of drug-likeness (QED) is 0.825. The second-order valence-electron chi connectivity index (χ2n) is 7.46. The molecule has 2 aliphatic heterocycles. The fourth-order valence-corrected chi connectivity index (χ4v) is 4.18. The Hall–Kier alpha value is -1.11. The number of hydrogen-bond acceptors (Lipinski definition) is 4. The van der Waals surface area contributed by atoms with Gasteiger partial charge in [0.2, 0.25) is 0 Å². The van der Waals surface area contributed by atoms with Crippen molar-refractivity contribution in [3.05, 3.63) is 28.2 Å². The number of anilines is 1. The predicted octanol–water partition coefficient (Wildman–Crippen LogP) is 3.11. The average Bonchev–Trinajstić information content (AvgIpc) is 2.63. The number of halogens is 1. The van der Waals surface area contributed by atoms with Gasteiger partial charge in [0.25, 0.3) is 0 Å². The molecule has 0 bridgehead atoms. The largest absolute Gasteiger partial charge is 0.481 e. The lowest BCUT2D eigenvalue weighted by Crippen LogP contribution is -2.49. The maximum absolute atomic E-state index is 11.6. The minimum Gasteiger partial charge on any atom is -0.481 e. The van der Waals surface area contributed by atoms with Gasteiger partial charge in [0, 0.05) is 36.7 Å². The van der Waals surface area contributed by atoms with E-state index in [1.54, 1.807) is 13.8 Å². The first-order chi connectivity index (χ1) is 11.9. The molecular weight excluding hydrogens is 384 g/mol. The number of carbonyl (C=O) groups is 1. The van der Waals surface area contributed by atoms with Crippen molar-refractivity contribution in [2.45, 2.75) is 38.1 Å². The van der Waals surface area contributed by atoms with Gasteiger partial charge in [-0.25, -0.2) is 0 Å². The standard InChI is InChI=1S/C19H27BrN2O3/c1-19(2,18(23)24)14-3-4-16(20)17(13-14)22-7-5-15(6-8-22)21-9-11-25-12-10-21/h3-4,13,15H,5-12H2,1-2H3,(H,23,24). The van der Waals surface area contributed by atoms with Crippen molar-refractivity contribution in [1.29, 1.82) is 0 Å². The second kappa shape index (κ2) is 7.64. The summed E-state index contributed by atoms with van der Waals surface area (Å²) in [5, 5.41) is 9.50. The van der Waals surface area contributed by atoms with Crippen molar-refractivity contribution in [1.82, 2.24) is 4.90 Å². The number of carboxylic acid groups (broad SMARTS) is 1. The van der Waals surface area contributed by atoms with Crippen LogP contribution in [0.4, 0.5) is 5.69 Å². The van der Waals surface area contributed by atoms with Crippen LogP contribution in [0.2, 0.25) is 0 Å². The highest BCUT2D eigenvalue weighted by Gasteiger charge is 2.31. The Kier molecular flexibility index (Phi) is 5.71. The van der Waals surface area contributed by atoms with Crippen LogP contribution in [0.15, 0.2) is 22.7 Å². The number of morpholine rings is 1. The SMILES string of the molecule is CC(C)(C(=O)O)c1ccc(Br)c(N2CCC(N3CCOCC3)CC2)c1. The molecule has 1 aromatic carbocycles. The molecule has 2 aliphatic rings. The Morgan fingerprint density at radius 3 is 2.44 bits per heavy atom. The third-order valence-corrected chi connectivity index (χ3v) is 6.24. The van der Waals surface area contributed by atoms with Gasteiger partial charge >= 0.3 is 5.97 Å². The zero-order chi connectivity index (χ0) is 18.0. The molecule has 0 radical (unpaired) electrons. The molecule has 2 saturated heterocycles. The molecule has 0 aliphatic carbocycles. The summed E-state index contributed by atoms with van der Waals surface area (Å²) >= 11 is 3.65. The number of ether oxygens (including phenoxy) is 1. The number of benzene rings is 1. The number of nitrogens with zero attached hydrogens (tertiary/aromatic N) is 2. The first-order valence-corrected chi connectivity index (χ1v) is 9.79. The summed E-state index contributed by atoms with van der Waals surface area (Å²) < 4.78 is 6.48. The molecule has 0 aromatic heterocycles. The third-order valence-electron chi connectivity index (χ3n) is 5.57. The maximum Gasteiger partial charge on any atom is 0.313 e. The molecule has 1 aromatic rings. The normalized spacial score (nSPS) is 20.7. The van der Waals surface area contributed by atoms with Crippen molar-refractivity contribution in [2.24, 2.45) is 0 Å². The van der Waals surface area contributed by atoms with Gasteiger partial charge in [0.1, 0.15) is 0 Å². The van der Waals surface area contributed by atoms with Gasteiger partial charge in [-0.2, -0.15) is 0 Å². The predicted molar refractivity (Wildman–Crippen MR) is 102 cm³/mol. The molecule has 0 spiro atoms. The van der Waals surface area contributed by atoms with Crippen LogP contribution in [0.3, 0.4) is 0 Å². The van der Waals surface area contributed by atoms with Gasteiger partial charge in [0.05, 0.1) is 24.3 Å². The Balaban J connectivity index is 1.71. The second-order valence-corrected chi connectivity index (χ2v) is 8.32. The van der Waals surface area contributed by atoms with E-state index in [9.17, 15) is 9.90 Å². The van der Waals surface area contributed by atoms with Gasteiger partial charge in [-0.3, -0.25) is 9.69 Å². The summed E-state index contributed by atoms with van der Waals surface area (Å²) in [7, 11) is 0. The zero-order valence-corrected chi connectivity index (χ0v) is 16.6. The zero-order valence-electron chi connectivity index (χ0n) is 15.0. The molecule has 1 N–H and O–H groups in total. The fourth-order valence-electron chi connectivity index (χ4n) is 3.68. The summed E-state index contributed by atoms with van der Waals surface area (Å²) in [4.78, 5) is 16.5. The van der Waals surface area contributed by atoms with Crippen molar-refractivity contribution in [3.63, 3.8) is 0 Å². The highest BCUT2D eigenvalue weighted by atomic mass is 79.9. The number of carboxylic acids is 1. The van der Waals surface area contributed by atoms with Crippen molar-refractivity contribution in [2.75, 3.05) is 44.3 Å². The molecule has 25 heavy (non-hydrogen) atoms. The molecule has 2 fully saturated rings. The van der Waals surface area contributed by atoms with Gasteiger partial charge in [-0.05, 0) is 60.3 Å². The van der Waals surface area contributed by atoms with Gasteiger partial charge in [0.15, 0.2) is 0 Å². The molecule has 0 atom stereocenters. The van der Waals surface area contributed by atoms with Crippen LogP contribution in [0.5, 0.6) is 0 Å². The number of hydrogen-bond donors (Lipinski definition) is 1. The van der Waals surface area contributed by atoms with Crippen molar-refractivity contribution < 1.29 is 14.6 Å². The van der Waals surface area contributed by atoms with Gasteiger partial charge in [-0.1, -0.05) is 6.07 Å². The van der Waals surface area contributed by atoms with Crippen LogP contribution in [0.1, 0.15) is 32.3 Å². The smallest absolute Gasteiger partial charge is 0.313 e. The molecule has 2 heterocycles. The van der Waals surface area contributed by atoms with Crippen molar-refractivity contribution in [3.8, 4) is 0 Å². The summed E-state index contributed by atoms with van der Waals surface area (Å²) in [6.45, 7) is 9.28. The highest BCUT2D eigenvalue weighted by Crippen LogP contribution is 2.34. The van der Waals surface area contributed by atoms with E-state index in [2.05, 4.69) is 25.7 Å². The molecule has 138 valence electrons. The van der Waals surface area contributed by atoms with E-state index in [4.69, 9.17) is 4.74 Å². The summed E-state index contributed by atoms with van der Waals surface area (Å²) in [6.07, 6.45) is 2.28. The summed E-state index contributed by atoms with van der Waals surface area (Å²) in [6, 6.07) is 6.55. The molecule has 6 heteroatoms. The molecule has 0 unspecified atom stereocenters. The van der Waals surface area contributed by atoms with Gasteiger partial charge < -0.3 is 14.7 Å². The van der Waals surface area contributed by atoms with Crippen LogP contribution >= 0.6 is 15.9 Å². The van der Waals surface area contributed by atoms with E-state index in [-0.39, 0.29) is 0 Å². The van der Waals surface area contributed by atoms with E-state index in [0.717, 1.165) is 68.0 Å². The van der Waals surface area contributed by atoms with Crippen molar-refractivity contribution >= 4 is 27.6 Å². The van der Waals surface area contributed by atoms with E-state index < -0.39 is 11.4 Å². The average molecular weight is 411 g/mol. The lowest BCUT2D eigenvalue weighted by molar-refractivity contribution is -0.142. The van der Waals surface area contributed by atoms with Crippen LogP contribution in [-0.4, -0.2) is 61.4 Å². The monoisotopic (exact) mass is 410 g/mol. The van der Waals surface area contributed by atoms with Crippen LogP contribution < -0.4 is 4.90 Å². The van der Waals surface area contributed by atoms with Crippen LogP contribution in [-0.2, 0) is 14.9 Å². The Morgan fingerprint density at radius 1 is 1.20 bits per heavy atom. The summed E-state index contributed by atoms with van der Waals surface area (Å²) in [5.74, 6) is -0.799. The van der Waals surface area contributed by atoms with E-state index in [1.165, 1.54) is 0 Å². The van der Waals surface area contributed by atoms with E-state index in [1.807, 2.05) is 18.2 Å². The lowest BCUT2D eigenvalue weighted by Gasteiger charge is -2.41. The Bertz CT molecular complexity index is 621. The summed E-state index contributed by atoms with van der Waals surface area (Å²) in [5.41, 5.74) is 1.06. The molecule has 0 saturated carbocycles. The molecule has 0 amide bonds. The van der Waals surface area contributed by atoms with E-state index >= 15 is 0 Å². The third kappa shape index (κ3) is 4.01. The first-order valence-electron chi connectivity index (χ1n) is 9.00. The molecular formula is C19H27BrN2O3. The van der Waals surface area contributed by atoms with Crippen LogP contribution in [0, 0.1) is 0 Å². The maximum atomic E-state index is 11.6. The first kappa shape index (κ1) is 18.7. The minimum absolute atomic E-state index is 0.637. The number of piperidine rings is 1. The highest BCUT2D eigenvalue weighted by molar-refractivity contribution is 9.10. The van der Waals surface area contributed by atoms with Crippen LogP contribution in [0.25, 0.3) is 0 Å². The molecule has 3 rings (SSSR count). The fraction of sp³-hybridized carbons (Fsp3) is 0.632. The number of rotatable bonds is 4. The lowest BCUT2D eigenvalue weighted by atomic mass is 9.84. The minimum atomic E-state index is -0.887. The molecule has 5 nitrogen and oxygen atoms in total. The number of aliphatic carboxylic acids is 1. The Labute approximate surface area is 158 Å². The van der Waals surface area contributed by atoms with Gasteiger partial charge in [-0.15, -0.1) is 0 Å². The van der Waals surface area contributed by atoms with E-state index in [0.29, 0.717) is 6.04 Å². The Morgan fingerprint density at radius 2 is 1.84 bits per heavy atom.